The van der Waals surface area contributed by atoms with Gasteiger partial charge in [0.2, 0.25) is 0 Å². The molecule has 6 rings (SSSR count). The van der Waals surface area contributed by atoms with Gasteiger partial charge in [0.25, 0.3) is 5.78 Å². The number of ketones is 1. The number of hydrogen-bond donors (Lipinski definition) is 1. The molecule has 0 bridgehead atoms. The van der Waals surface area contributed by atoms with E-state index in [4.69, 9.17) is 21.1 Å². The number of aromatic nitrogens is 1. The van der Waals surface area contributed by atoms with Crippen LogP contribution in [-0.2, 0) is 16.0 Å². The Balaban J connectivity index is 1.52. The van der Waals surface area contributed by atoms with Crippen LogP contribution in [0, 0.1) is 0 Å². The van der Waals surface area contributed by atoms with E-state index in [-0.39, 0.29) is 17.4 Å². The second-order valence-electron chi connectivity index (χ2n) is 9.65. The molecule has 1 aromatic heterocycles. The van der Waals surface area contributed by atoms with Gasteiger partial charge in [0.05, 0.1) is 28.4 Å². The van der Waals surface area contributed by atoms with Gasteiger partial charge in [0, 0.05) is 17.0 Å². The number of hydrogen-bond acceptors (Lipinski definition) is 7. The molecule has 2 atom stereocenters. The van der Waals surface area contributed by atoms with Crippen LogP contribution in [0.15, 0.2) is 66.2 Å². The Morgan fingerprint density at radius 1 is 1.18 bits per heavy atom. The van der Waals surface area contributed by atoms with Gasteiger partial charge in [0.1, 0.15) is 23.4 Å². The van der Waals surface area contributed by atoms with Crippen molar-refractivity contribution in [3.63, 3.8) is 0 Å². The Hall–Kier alpha value is -3.88. The third-order valence-corrected chi connectivity index (χ3v) is 8.06. The Morgan fingerprint density at radius 2 is 2.03 bits per heavy atom. The summed E-state index contributed by atoms with van der Waals surface area (Å²) in [5.41, 5.74) is 2.67. The summed E-state index contributed by atoms with van der Waals surface area (Å²) in [6.07, 6.45) is 1.55. The molecule has 0 saturated carbocycles. The first kappa shape index (κ1) is 25.4. The van der Waals surface area contributed by atoms with Crippen LogP contribution in [0.5, 0.6) is 11.5 Å². The zero-order valence-electron chi connectivity index (χ0n) is 21.3. The van der Waals surface area contributed by atoms with E-state index >= 15 is 0 Å². The predicted molar refractivity (Wildman–Crippen MR) is 152 cm³/mol. The summed E-state index contributed by atoms with van der Waals surface area (Å²) < 4.78 is 12.4. The lowest BCUT2D eigenvalue weighted by molar-refractivity contribution is -0.132. The number of carbonyl (C=O) groups is 2. The predicted octanol–water partition coefficient (Wildman–Crippen LogP) is 6.69. The van der Waals surface area contributed by atoms with Gasteiger partial charge in [-0.1, -0.05) is 42.0 Å². The molecule has 1 N–H and O–H groups in total. The van der Waals surface area contributed by atoms with Crippen LogP contribution in [0.25, 0.3) is 16.0 Å². The first-order valence-electron chi connectivity index (χ1n) is 12.7. The lowest BCUT2D eigenvalue weighted by Crippen LogP contribution is -2.29. The number of anilines is 1. The van der Waals surface area contributed by atoms with E-state index in [0.29, 0.717) is 45.6 Å². The molecule has 3 heterocycles. The van der Waals surface area contributed by atoms with Crippen molar-refractivity contribution in [3.05, 3.63) is 87.9 Å². The highest BCUT2D eigenvalue weighted by Gasteiger charge is 2.48. The highest BCUT2D eigenvalue weighted by atomic mass is 35.5. The molecule has 198 valence electrons. The summed E-state index contributed by atoms with van der Waals surface area (Å²) in [5, 5.41) is 12.5. The van der Waals surface area contributed by atoms with E-state index in [1.165, 1.54) is 16.2 Å². The number of Topliss-reactive ketones (excluding diaryl/α,β-unsaturated/α-hetero) is 1. The number of benzene rings is 3. The monoisotopic (exact) mass is 560 g/mol. The van der Waals surface area contributed by atoms with E-state index in [1.54, 1.807) is 36.4 Å². The Morgan fingerprint density at radius 3 is 2.85 bits per heavy atom. The van der Waals surface area contributed by atoms with Crippen LogP contribution < -0.4 is 14.4 Å². The van der Waals surface area contributed by atoms with Crippen LogP contribution in [0.2, 0.25) is 5.02 Å². The lowest BCUT2D eigenvalue weighted by Gasteiger charge is -2.23. The second kappa shape index (κ2) is 10.0. The fourth-order valence-corrected chi connectivity index (χ4v) is 6.32. The van der Waals surface area contributed by atoms with E-state index in [0.717, 1.165) is 22.4 Å². The van der Waals surface area contributed by atoms with Crippen molar-refractivity contribution in [3.8, 4) is 11.5 Å². The van der Waals surface area contributed by atoms with Gasteiger partial charge in [-0.05, 0) is 73.0 Å². The molecule has 39 heavy (non-hydrogen) atoms. The molecule has 0 aliphatic carbocycles. The van der Waals surface area contributed by atoms with Gasteiger partial charge in [-0.25, -0.2) is 4.98 Å². The van der Waals surface area contributed by atoms with Gasteiger partial charge in [-0.15, -0.1) is 0 Å². The van der Waals surface area contributed by atoms with E-state index < -0.39 is 17.7 Å². The minimum Gasteiger partial charge on any atom is -0.507 e. The van der Waals surface area contributed by atoms with Crippen molar-refractivity contribution in [2.75, 3.05) is 11.5 Å². The summed E-state index contributed by atoms with van der Waals surface area (Å²) in [5.74, 6) is -0.415. The maximum absolute atomic E-state index is 13.6. The fraction of sp³-hybridized carbons (Fsp3) is 0.233. The van der Waals surface area contributed by atoms with E-state index in [1.807, 2.05) is 38.1 Å². The number of halogens is 1. The highest BCUT2D eigenvalue weighted by molar-refractivity contribution is 7.22. The molecule has 2 unspecified atom stereocenters. The molecule has 4 aromatic rings. The summed E-state index contributed by atoms with van der Waals surface area (Å²) in [6, 6.07) is 16.9. The van der Waals surface area contributed by atoms with E-state index in [9.17, 15) is 14.7 Å². The third kappa shape index (κ3) is 4.53. The molecule has 2 aliphatic rings. The largest absolute Gasteiger partial charge is 0.507 e. The highest BCUT2D eigenvalue weighted by Crippen LogP contribution is 2.45. The van der Waals surface area contributed by atoms with Crippen molar-refractivity contribution in [2.45, 2.75) is 38.8 Å². The molecule has 7 nitrogen and oxygen atoms in total. The summed E-state index contributed by atoms with van der Waals surface area (Å²) in [4.78, 5) is 33.2. The average Bonchev–Trinajstić information content (AvgIpc) is 3.59. The summed E-state index contributed by atoms with van der Waals surface area (Å²) in [6.45, 7) is 4.52. The number of amides is 1. The number of aliphatic hydroxyl groups is 1. The number of rotatable bonds is 6. The number of nitrogens with zero attached hydrogens (tertiary/aromatic N) is 2. The number of thiazole rings is 1. The zero-order chi connectivity index (χ0) is 27.3. The third-order valence-electron chi connectivity index (χ3n) is 6.81. The normalized spacial score (nSPS) is 19.9. The van der Waals surface area contributed by atoms with Gasteiger partial charge in [0.15, 0.2) is 5.13 Å². The number of carbonyl (C=O) groups excluding carboxylic acids is 2. The summed E-state index contributed by atoms with van der Waals surface area (Å²) in [7, 11) is 0. The first-order valence-corrected chi connectivity index (χ1v) is 13.9. The minimum absolute atomic E-state index is 0.00292. The molecular weight excluding hydrogens is 536 g/mol. The second-order valence-corrected chi connectivity index (χ2v) is 11.1. The molecule has 3 aromatic carbocycles. The van der Waals surface area contributed by atoms with Crippen LogP contribution >= 0.6 is 22.9 Å². The van der Waals surface area contributed by atoms with Crippen molar-refractivity contribution in [1.82, 2.24) is 4.98 Å². The van der Waals surface area contributed by atoms with Crippen LogP contribution in [0.3, 0.4) is 0 Å². The Kier molecular flexibility index (Phi) is 6.53. The number of aliphatic hydroxyl groups excluding tert-OH is 1. The van der Waals surface area contributed by atoms with Crippen molar-refractivity contribution < 1.29 is 24.2 Å². The van der Waals surface area contributed by atoms with E-state index in [2.05, 4.69) is 4.98 Å². The lowest BCUT2D eigenvalue weighted by atomic mass is 9.94. The van der Waals surface area contributed by atoms with Gasteiger partial charge in [-0.3, -0.25) is 14.5 Å². The van der Waals surface area contributed by atoms with Gasteiger partial charge < -0.3 is 14.6 Å². The molecule has 9 heteroatoms. The quantitative estimate of drug-likeness (QED) is 0.161. The first-order chi connectivity index (χ1) is 18.8. The molecule has 0 radical (unpaired) electrons. The standard InChI is InChI=1S/C30H25ClN2O5S/c1-3-11-37-21-6-4-5-17(14-21)26-25(27(34)18-7-10-23-19(13-18)12-16(2)38-23)28(35)29(36)33(26)30-32-22-9-8-20(31)15-24(22)39-30/h4-10,13-16,26,34H,3,11-12H2,1-2H3/b27-25+. The molecule has 1 saturated heterocycles. The molecule has 1 amide bonds. The SMILES string of the molecule is CCCOc1cccc(C2/C(=C(\O)c3ccc4c(c3)CC(C)O4)C(=O)C(=O)N2c2nc3ccc(Cl)cc3s2)c1. The zero-order valence-corrected chi connectivity index (χ0v) is 22.9. The van der Waals surface area contributed by atoms with Crippen molar-refractivity contribution in [1.29, 1.82) is 0 Å². The molecule has 1 fully saturated rings. The van der Waals surface area contributed by atoms with Crippen LogP contribution in [-0.4, -0.2) is 34.5 Å². The smallest absolute Gasteiger partial charge is 0.301 e. The van der Waals surface area contributed by atoms with Crippen LogP contribution in [0.4, 0.5) is 5.13 Å². The Bertz CT molecular complexity index is 1660. The Labute approximate surface area is 234 Å². The minimum atomic E-state index is -0.908. The van der Waals surface area contributed by atoms with Crippen molar-refractivity contribution in [2.24, 2.45) is 0 Å². The number of fused-ring (bicyclic) bond motifs is 2. The van der Waals surface area contributed by atoms with Gasteiger partial charge in [-0.2, -0.15) is 0 Å². The topological polar surface area (TPSA) is 89.0 Å². The van der Waals surface area contributed by atoms with Crippen LogP contribution in [0.1, 0.15) is 43.0 Å². The fourth-order valence-electron chi connectivity index (χ4n) is 5.05. The molecule has 0 spiro atoms. The average molecular weight is 561 g/mol. The number of ether oxygens (including phenoxy) is 2. The molecule has 2 aliphatic heterocycles. The van der Waals surface area contributed by atoms with Gasteiger partial charge >= 0.3 is 5.91 Å². The summed E-state index contributed by atoms with van der Waals surface area (Å²) >= 11 is 7.45. The maximum Gasteiger partial charge on any atom is 0.301 e. The maximum atomic E-state index is 13.6. The van der Waals surface area contributed by atoms with Crippen molar-refractivity contribution >= 4 is 55.7 Å². The molecular formula is C30H25ClN2O5S.